The Labute approximate surface area is 576 Å². The molecule has 6 heteroatoms. The summed E-state index contributed by atoms with van der Waals surface area (Å²) in [4.78, 5) is 15.3. The second kappa shape index (κ2) is 21.9. The molecule has 100 heavy (non-hydrogen) atoms. The summed E-state index contributed by atoms with van der Waals surface area (Å²) >= 11 is 0. The lowest BCUT2D eigenvalue weighted by Crippen LogP contribution is -2.26. The van der Waals surface area contributed by atoms with E-state index in [-0.39, 0.29) is 0 Å². The Morgan fingerprint density at radius 2 is 0.560 bits per heavy atom. The van der Waals surface area contributed by atoms with Gasteiger partial charge in [0.1, 0.15) is 0 Å². The molecule has 0 N–H and O–H groups in total. The van der Waals surface area contributed by atoms with Crippen LogP contribution in [0.5, 0.6) is 0 Å². The molecule has 0 aliphatic heterocycles. The van der Waals surface area contributed by atoms with Crippen molar-refractivity contribution in [3.63, 3.8) is 0 Å². The van der Waals surface area contributed by atoms with E-state index in [1.807, 2.05) is 36.4 Å². The molecule has 4 heterocycles. The highest BCUT2D eigenvalue weighted by Crippen LogP contribution is 2.63. The van der Waals surface area contributed by atoms with Crippen LogP contribution in [0.25, 0.3) is 172 Å². The van der Waals surface area contributed by atoms with Crippen molar-refractivity contribution in [3.05, 3.63) is 374 Å². The maximum Gasteiger partial charge on any atom is 0.164 e. The van der Waals surface area contributed by atoms with Gasteiger partial charge in [0.25, 0.3) is 0 Å². The lowest BCUT2D eigenvalue weighted by molar-refractivity contribution is 0.791. The fourth-order valence-electron chi connectivity index (χ4n) is 17.0. The quantitative estimate of drug-likeness (QED) is 0.145. The van der Waals surface area contributed by atoms with E-state index in [1.54, 1.807) is 0 Å². The van der Waals surface area contributed by atoms with E-state index < -0.39 is 5.41 Å². The molecule has 0 amide bonds. The van der Waals surface area contributed by atoms with Gasteiger partial charge in [0.15, 0.2) is 17.5 Å². The summed E-state index contributed by atoms with van der Waals surface area (Å²) in [5.74, 6) is 1.89. The van der Waals surface area contributed by atoms with Crippen LogP contribution < -0.4 is 0 Å². The largest absolute Gasteiger partial charge is 0.309 e. The van der Waals surface area contributed by atoms with E-state index in [1.165, 1.54) is 110 Å². The molecule has 0 unspecified atom stereocenters. The summed E-state index contributed by atoms with van der Waals surface area (Å²) in [5, 5.41) is 7.25. The molecule has 2 aliphatic carbocycles. The normalized spacial score (nSPS) is 12.7. The topological polar surface area (TPSA) is 53.5 Å². The SMILES string of the molecule is c1ccc(-c2ccc3c(c2)c2cc(-c4ccc5c(c4)c4ccccc4n5-c4ccccc4)ccc2n3-c2ccc3c(c2)C2(c4ccccc4-c4ccccc42)c2cc(-n4c5ccccc5c5c(-c6cccc(-c7nc(-c8ccccc8)nc(-c8ccccc8)n7)c6)cccc54)ccc2-3)cc1. The minimum atomic E-state index is -0.654. The zero-order valence-electron chi connectivity index (χ0n) is 54.2. The fourth-order valence-corrected chi connectivity index (χ4v) is 17.0. The standard InChI is InChI=1S/C94H58N6/c1-5-23-59(24-6-1)62-43-50-87-78(54-62)79-56-64(63-44-51-86-77(55-63)75-35-15-19-40-84(75)98(86)67-31-11-4-12-32-67)45-52-88(79)99(87)68-46-48-73-74-49-47-69(58-83(74)94(82(73)57-68)80-38-17-13-33-71(80)72-34-14-18-39-81(72)94)100-85-41-20-16-36-76(85)90-70(37-22-42-89(90)100)65-29-21-30-66(53-65)93-96-91(60-25-7-2-8-26-60)95-92(97-93)61-27-9-3-10-28-61/h1-58H. The second-order valence-electron chi connectivity index (χ2n) is 26.6. The molecule has 4 aromatic heterocycles. The molecular formula is C94H58N6. The van der Waals surface area contributed by atoms with Crippen LogP contribution in [-0.2, 0) is 5.41 Å². The first-order valence-electron chi connectivity index (χ1n) is 34.3. The van der Waals surface area contributed by atoms with E-state index in [0.717, 1.165) is 66.9 Å². The van der Waals surface area contributed by atoms with Gasteiger partial charge < -0.3 is 13.7 Å². The monoisotopic (exact) mass is 1270 g/mol. The highest BCUT2D eigenvalue weighted by atomic mass is 15.0. The van der Waals surface area contributed by atoms with E-state index in [4.69, 9.17) is 15.0 Å². The Morgan fingerprint density at radius 3 is 1.13 bits per heavy atom. The van der Waals surface area contributed by atoms with Gasteiger partial charge in [-0.3, -0.25) is 0 Å². The first-order valence-corrected chi connectivity index (χ1v) is 34.3. The summed E-state index contributed by atoms with van der Waals surface area (Å²) in [6.45, 7) is 0. The molecule has 2 aliphatic rings. The number of nitrogens with zero attached hydrogens (tertiary/aromatic N) is 6. The Bertz CT molecular complexity index is 6470. The Hall–Kier alpha value is -13.3. The average molecular weight is 1270 g/mol. The number of fused-ring (bicyclic) bond motifs is 19. The third-order valence-electron chi connectivity index (χ3n) is 21.3. The molecule has 6 nitrogen and oxygen atoms in total. The van der Waals surface area contributed by atoms with Gasteiger partial charge in [0, 0.05) is 66.1 Å². The number of rotatable bonds is 9. The van der Waals surface area contributed by atoms with Crippen LogP contribution in [0.3, 0.4) is 0 Å². The zero-order valence-corrected chi connectivity index (χ0v) is 54.2. The van der Waals surface area contributed by atoms with Crippen molar-refractivity contribution in [1.82, 2.24) is 28.7 Å². The molecule has 464 valence electrons. The fraction of sp³-hybridized carbons (Fsp3) is 0.0106. The van der Waals surface area contributed by atoms with E-state index in [9.17, 15) is 0 Å². The summed E-state index contributed by atoms with van der Waals surface area (Å²) < 4.78 is 7.41. The molecule has 21 rings (SSSR count). The van der Waals surface area contributed by atoms with Gasteiger partial charge in [0.05, 0.1) is 38.5 Å². The first kappa shape index (κ1) is 55.9. The molecule has 0 saturated carbocycles. The molecule has 1 spiro atoms. The smallest absolute Gasteiger partial charge is 0.164 e. The minimum Gasteiger partial charge on any atom is -0.309 e. The van der Waals surface area contributed by atoms with Crippen LogP contribution in [-0.4, -0.2) is 28.7 Å². The molecule has 0 bridgehead atoms. The van der Waals surface area contributed by atoms with E-state index in [2.05, 4.69) is 329 Å². The van der Waals surface area contributed by atoms with E-state index in [0.29, 0.717) is 17.5 Å². The van der Waals surface area contributed by atoms with Crippen molar-refractivity contribution in [2.75, 3.05) is 0 Å². The Morgan fingerprint density at radius 1 is 0.190 bits per heavy atom. The highest BCUT2D eigenvalue weighted by Gasteiger charge is 2.52. The van der Waals surface area contributed by atoms with Crippen LogP contribution in [0, 0.1) is 0 Å². The van der Waals surface area contributed by atoms with Crippen molar-refractivity contribution in [3.8, 4) is 107 Å². The number of hydrogen-bond donors (Lipinski definition) is 0. The molecular weight excluding hydrogens is 1210 g/mol. The lowest BCUT2D eigenvalue weighted by Gasteiger charge is -2.31. The van der Waals surface area contributed by atoms with Crippen molar-refractivity contribution in [2.24, 2.45) is 0 Å². The third kappa shape index (κ3) is 8.28. The highest BCUT2D eigenvalue weighted by molar-refractivity contribution is 6.17. The van der Waals surface area contributed by atoms with Crippen LogP contribution in [0.4, 0.5) is 0 Å². The summed E-state index contributed by atoms with van der Waals surface area (Å²) in [7, 11) is 0. The van der Waals surface area contributed by atoms with Gasteiger partial charge in [-0.05, 0) is 175 Å². The lowest BCUT2D eigenvalue weighted by atomic mass is 9.70. The second-order valence-corrected chi connectivity index (χ2v) is 26.6. The Kier molecular flexibility index (Phi) is 12.2. The number of aromatic nitrogens is 6. The molecule has 0 saturated heterocycles. The maximum atomic E-state index is 5.15. The average Bonchev–Trinajstić information content (AvgIpc) is 1.51. The molecule has 0 radical (unpaired) electrons. The van der Waals surface area contributed by atoms with Gasteiger partial charge in [0.2, 0.25) is 0 Å². The van der Waals surface area contributed by atoms with Gasteiger partial charge in [-0.15, -0.1) is 0 Å². The zero-order chi connectivity index (χ0) is 65.6. The van der Waals surface area contributed by atoms with Gasteiger partial charge in [-0.25, -0.2) is 15.0 Å². The summed E-state index contributed by atoms with van der Waals surface area (Å²) in [5.41, 5.74) is 29.6. The summed E-state index contributed by atoms with van der Waals surface area (Å²) in [6.07, 6.45) is 0. The predicted octanol–water partition coefficient (Wildman–Crippen LogP) is 23.5. The van der Waals surface area contributed by atoms with Gasteiger partial charge >= 0.3 is 0 Å². The van der Waals surface area contributed by atoms with Crippen LogP contribution >= 0.6 is 0 Å². The predicted molar refractivity (Wildman–Crippen MR) is 412 cm³/mol. The maximum absolute atomic E-state index is 5.15. The van der Waals surface area contributed by atoms with Gasteiger partial charge in [-0.1, -0.05) is 255 Å². The molecule has 19 aromatic rings. The van der Waals surface area contributed by atoms with Crippen molar-refractivity contribution >= 4 is 65.4 Å². The number of hydrogen-bond acceptors (Lipinski definition) is 3. The van der Waals surface area contributed by atoms with Crippen LogP contribution in [0.2, 0.25) is 0 Å². The first-order chi connectivity index (χ1) is 49.6. The van der Waals surface area contributed by atoms with Crippen molar-refractivity contribution < 1.29 is 0 Å². The summed E-state index contributed by atoms with van der Waals surface area (Å²) in [6, 6.07) is 129. The van der Waals surface area contributed by atoms with Crippen molar-refractivity contribution in [2.45, 2.75) is 5.41 Å². The van der Waals surface area contributed by atoms with Crippen LogP contribution in [0.1, 0.15) is 22.3 Å². The van der Waals surface area contributed by atoms with E-state index >= 15 is 0 Å². The Balaban J connectivity index is 0.733. The molecule has 0 atom stereocenters. The minimum absolute atomic E-state index is 0.621. The van der Waals surface area contributed by atoms with Crippen molar-refractivity contribution in [1.29, 1.82) is 0 Å². The number of benzene rings is 15. The third-order valence-corrected chi connectivity index (χ3v) is 21.3. The van der Waals surface area contributed by atoms with Crippen LogP contribution in [0.15, 0.2) is 352 Å². The number of para-hydroxylation sites is 3. The molecule has 15 aromatic carbocycles. The van der Waals surface area contributed by atoms with Gasteiger partial charge in [-0.2, -0.15) is 0 Å². The molecule has 0 fully saturated rings.